The number of amides is 1. The number of piperazine rings is 1. The highest BCUT2D eigenvalue weighted by Gasteiger charge is 2.32. The van der Waals surface area contributed by atoms with Crippen LogP contribution < -0.4 is 0 Å². The molecular weight excluding hydrogens is 317 g/mol. The van der Waals surface area contributed by atoms with Gasteiger partial charge in [-0.2, -0.15) is 0 Å². The third-order valence-electron chi connectivity index (χ3n) is 4.84. The third-order valence-corrected chi connectivity index (χ3v) is 4.84. The van der Waals surface area contributed by atoms with Crippen LogP contribution in [-0.4, -0.2) is 52.4 Å². The van der Waals surface area contributed by atoms with E-state index in [0.717, 1.165) is 18.5 Å². The van der Waals surface area contributed by atoms with Gasteiger partial charge in [-0.3, -0.25) is 14.7 Å². The summed E-state index contributed by atoms with van der Waals surface area (Å²) in [6.45, 7) is 6.60. The number of hydrogen-bond acceptors (Lipinski definition) is 3. The Labute approximate surface area is 148 Å². The number of benzene rings is 1. The average Bonchev–Trinajstić information content (AvgIpc) is 2.62. The van der Waals surface area contributed by atoms with Gasteiger partial charge in [-0.15, -0.1) is 0 Å². The number of nitrogens with zero attached hydrogens (tertiary/aromatic N) is 3. The zero-order valence-electron chi connectivity index (χ0n) is 14.7. The van der Waals surface area contributed by atoms with Crippen molar-refractivity contribution in [2.75, 3.05) is 19.6 Å². The largest absolute Gasteiger partial charge is 0.334 e. The standard InChI is InChI=1S/C20H24FN3O/c1-15-13-23(20(25)19-5-3-4-11-22-19)14-16(2)24(15)12-10-17-6-8-18(21)9-7-17/h3-9,11,15-16H,10,12-14H2,1-2H3. The first-order valence-electron chi connectivity index (χ1n) is 8.75. The maximum absolute atomic E-state index is 13.0. The molecule has 0 saturated carbocycles. The number of carbonyl (C=O) groups excluding carboxylic acids is 1. The van der Waals surface area contributed by atoms with E-state index < -0.39 is 0 Å². The maximum Gasteiger partial charge on any atom is 0.272 e. The predicted molar refractivity (Wildman–Crippen MR) is 95.9 cm³/mol. The Bertz CT molecular complexity index is 693. The van der Waals surface area contributed by atoms with Gasteiger partial charge < -0.3 is 4.90 Å². The van der Waals surface area contributed by atoms with Crippen LogP contribution in [0, 0.1) is 5.82 Å². The van der Waals surface area contributed by atoms with E-state index >= 15 is 0 Å². The van der Waals surface area contributed by atoms with Gasteiger partial charge in [0.15, 0.2) is 0 Å². The smallest absolute Gasteiger partial charge is 0.272 e. The van der Waals surface area contributed by atoms with E-state index in [0.29, 0.717) is 18.8 Å². The molecule has 1 amide bonds. The molecule has 2 atom stereocenters. The molecule has 3 rings (SSSR count). The quantitative estimate of drug-likeness (QED) is 0.858. The molecule has 1 fully saturated rings. The molecule has 0 aliphatic carbocycles. The van der Waals surface area contributed by atoms with Gasteiger partial charge in [-0.25, -0.2) is 4.39 Å². The normalized spacial score (nSPS) is 21.3. The van der Waals surface area contributed by atoms with Crippen LogP contribution in [0.5, 0.6) is 0 Å². The summed E-state index contributed by atoms with van der Waals surface area (Å²) in [5.41, 5.74) is 1.63. The van der Waals surface area contributed by atoms with Crippen LogP contribution in [0.1, 0.15) is 29.9 Å². The minimum absolute atomic E-state index is 0.00233. The lowest BCUT2D eigenvalue weighted by molar-refractivity contribution is 0.0307. The molecule has 132 valence electrons. The van der Waals surface area contributed by atoms with Crippen LogP contribution in [0.4, 0.5) is 4.39 Å². The second-order valence-corrected chi connectivity index (χ2v) is 6.74. The van der Waals surface area contributed by atoms with Crippen molar-refractivity contribution in [3.8, 4) is 0 Å². The summed E-state index contributed by atoms with van der Waals surface area (Å²) in [4.78, 5) is 21.1. The Balaban J connectivity index is 1.60. The molecule has 5 heteroatoms. The molecule has 2 heterocycles. The summed E-state index contributed by atoms with van der Waals surface area (Å²) in [5.74, 6) is -0.204. The molecular formula is C20H24FN3O. The maximum atomic E-state index is 13.0. The molecule has 0 radical (unpaired) electrons. The number of aromatic nitrogens is 1. The number of carbonyl (C=O) groups is 1. The summed E-state index contributed by atoms with van der Waals surface area (Å²) < 4.78 is 13.0. The highest BCUT2D eigenvalue weighted by Crippen LogP contribution is 2.18. The molecule has 1 aromatic heterocycles. The summed E-state index contributed by atoms with van der Waals surface area (Å²) in [6.07, 6.45) is 2.53. The zero-order chi connectivity index (χ0) is 17.8. The minimum Gasteiger partial charge on any atom is -0.334 e. The van der Waals surface area contributed by atoms with Gasteiger partial charge in [0.05, 0.1) is 0 Å². The summed E-state index contributed by atoms with van der Waals surface area (Å²) >= 11 is 0. The fourth-order valence-corrected chi connectivity index (χ4v) is 3.52. The topological polar surface area (TPSA) is 36.4 Å². The molecule has 2 aromatic rings. The van der Waals surface area contributed by atoms with Crippen molar-refractivity contribution in [3.05, 3.63) is 65.7 Å². The molecule has 1 aliphatic rings. The molecule has 0 bridgehead atoms. The Morgan fingerprint density at radius 2 is 1.80 bits per heavy atom. The average molecular weight is 341 g/mol. The number of halogens is 1. The van der Waals surface area contributed by atoms with Crippen molar-refractivity contribution in [2.45, 2.75) is 32.4 Å². The Kier molecular flexibility index (Phi) is 5.43. The number of pyridine rings is 1. The predicted octanol–water partition coefficient (Wildman–Crippen LogP) is 3.00. The van der Waals surface area contributed by atoms with E-state index in [-0.39, 0.29) is 23.8 Å². The highest BCUT2D eigenvalue weighted by molar-refractivity contribution is 5.92. The van der Waals surface area contributed by atoms with Crippen molar-refractivity contribution in [1.29, 1.82) is 0 Å². The molecule has 1 saturated heterocycles. The van der Waals surface area contributed by atoms with Crippen molar-refractivity contribution in [2.24, 2.45) is 0 Å². The molecule has 4 nitrogen and oxygen atoms in total. The second-order valence-electron chi connectivity index (χ2n) is 6.74. The SMILES string of the molecule is CC1CN(C(=O)c2ccccn2)CC(C)N1CCc1ccc(F)cc1. The van der Waals surface area contributed by atoms with Gasteiger partial charge in [-0.1, -0.05) is 18.2 Å². The highest BCUT2D eigenvalue weighted by atomic mass is 19.1. The molecule has 1 aliphatic heterocycles. The van der Waals surface area contributed by atoms with Gasteiger partial charge >= 0.3 is 0 Å². The van der Waals surface area contributed by atoms with Crippen LogP contribution in [-0.2, 0) is 6.42 Å². The van der Waals surface area contributed by atoms with E-state index in [2.05, 4.69) is 23.7 Å². The zero-order valence-corrected chi connectivity index (χ0v) is 14.7. The number of hydrogen-bond donors (Lipinski definition) is 0. The Morgan fingerprint density at radius 3 is 2.40 bits per heavy atom. The molecule has 25 heavy (non-hydrogen) atoms. The van der Waals surface area contributed by atoms with Crippen LogP contribution in [0.2, 0.25) is 0 Å². The van der Waals surface area contributed by atoms with Crippen LogP contribution in [0.3, 0.4) is 0 Å². The van der Waals surface area contributed by atoms with Crippen molar-refractivity contribution < 1.29 is 9.18 Å². The van der Waals surface area contributed by atoms with Gasteiger partial charge in [0, 0.05) is 37.9 Å². The van der Waals surface area contributed by atoms with E-state index in [1.54, 1.807) is 12.3 Å². The fourth-order valence-electron chi connectivity index (χ4n) is 3.52. The summed E-state index contributed by atoms with van der Waals surface area (Å²) in [5, 5.41) is 0. The van der Waals surface area contributed by atoms with Crippen molar-refractivity contribution >= 4 is 5.91 Å². The van der Waals surface area contributed by atoms with E-state index in [9.17, 15) is 9.18 Å². The molecule has 2 unspecified atom stereocenters. The first-order chi connectivity index (χ1) is 12.0. The second kappa shape index (κ2) is 7.74. The molecule has 1 aromatic carbocycles. The first kappa shape index (κ1) is 17.5. The number of rotatable bonds is 4. The van der Waals surface area contributed by atoms with Gasteiger partial charge in [-0.05, 0) is 50.1 Å². The van der Waals surface area contributed by atoms with E-state index in [4.69, 9.17) is 0 Å². The van der Waals surface area contributed by atoms with Gasteiger partial charge in [0.25, 0.3) is 5.91 Å². The van der Waals surface area contributed by atoms with Crippen LogP contribution >= 0.6 is 0 Å². The summed E-state index contributed by atoms with van der Waals surface area (Å²) in [7, 11) is 0. The summed E-state index contributed by atoms with van der Waals surface area (Å²) in [6, 6.07) is 12.7. The lowest BCUT2D eigenvalue weighted by Gasteiger charge is -2.44. The minimum atomic E-state index is -0.202. The Hall–Kier alpha value is -2.27. The Morgan fingerprint density at radius 1 is 1.12 bits per heavy atom. The fraction of sp³-hybridized carbons (Fsp3) is 0.400. The molecule has 0 N–H and O–H groups in total. The van der Waals surface area contributed by atoms with E-state index in [1.165, 1.54) is 12.1 Å². The first-order valence-corrected chi connectivity index (χ1v) is 8.75. The lowest BCUT2D eigenvalue weighted by Crippen LogP contribution is -2.58. The molecule has 0 spiro atoms. The van der Waals surface area contributed by atoms with Crippen molar-refractivity contribution in [3.63, 3.8) is 0 Å². The van der Waals surface area contributed by atoms with Crippen LogP contribution in [0.15, 0.2) is 48.7 Å². The monoisotopic (exact) mass is 341 g/mol. The third kappa shape index (κ3) is 4.23. The van der Waals surface area contributed by atoms with Crippen molar-refractivity contribution in [1.82, 2.24) is 14.8 Å². The van der Waals surface area contributed by atoms with Crippen LogP contribution in [0.25, 0.3) is 0 Å². The van der Waals surface area contributed by atoms with E-state index in [1.807, 2.05) is 29.2 Å². The van der Waals surface area contributed by atoms with Gasteiger partial charge in [0.1, 0.15) is 11.5 Å². The lowest BCUT2D eigenvalue weighted by atomic mass is 10.1. The van der Waals surface area contributed by atoms with Gasteiger partial charge in [0.2, 0.25) is 0 Å².